The van der Waals surface area contributed by atoms with Crippen LogP contribution in [0.1, 0.15) is 29.6 Å². The topological polar surface area (TPSA) is 101 Å². The Balaban J connectivity index is 2.51. The number of nitrogens with two attached hydrogens (primary N) is 2. The summed E-state index contributed by atoms with van der Waals surface area (Å²) in [5.41, 5.74) is 12.7. The highest BCUT2D eigenvalue weighted by Crippen LogP contribution is 2.19. The molecule has 0 heterocycles. The average molecular weight is 237 g/mol. The zero-order valence-corrected chi connectivity index (χ0v) is 9.78. The number of anilines is 2. The maximum atomic E-state index is 11.0. The van der Waals surface area contributed by atoms with Gasteiger partial charge in [0.2, 0.25) is 5.91 Å². The van der Waals surface area contributed by atoms with E-state index in [0.29, 0.717) is 11.3 Å². The fourth-order valence-electron chi connectivity index (χ4n) is 1.50. The number of benzene rings is 1. The minimum Gasteiger partial charge on any atom is -0.397 e. The molecule has 0 spiro atoms. The van der Waals surface area contributed by atoms with Gasteiger partial charge in [0.1, 0.15) is 0 Å². The molecule has 5 heteroatoms. The zero-order chi connectivity index (χ0) is 12.7. The number of aliphatic hydroxyl groups excluding tert-OH is 1. The number of rotatable bonds is 7. The maximum absolute atomic E-state index is 11.0. The van der Waals surface area contributed by atoms with E-state index in [2.05, 4.69) is 5.32 Å². The quantitative estimate of drug-likeness (QED) is 0.419. The number of aliphatic hydroxyl groups is 1. The van der Waals surface area contributed by atoms with Crippen molar-refractivity contribution in [3.63, 3.8) is 0 Å². The highest BCUT2D eigenvalue weighted by Gasteiger charge is 2.04. The summed E-state index contributed by atoms with van der Waals surface area (Å²) in [5.74, 6) is -0.465. The van der Waals surface area contributed by atoms with Gasteiger partial charge in [0.05, 0.1) is 11.4 Å². The maximum Gasteiger partial charge on any atom is 0.248 e. The summed E-state index contributed by atoms with van der Waals surface area (Å²) in [6, 6.07) is 4.93. The van der Waals surface area contributed by atoms with Crippen LogP contribution in [-0.4, -0.2) is 24.2 Å². The van der Waals surface area contributed by atoms with E-state index in [0.717, 1.165) is 31.5 Å². The van der Waals surface area contributed by atoms with Gasteiger partial charge < -0.3 is 21.9 Å². The lowest BCUT2D eigenvalue weighted by molar-refractivity contribution is 0.100. The van der Waals surface area contributed by atoms with Gasteiger partial charge in [0.15, 0.2) is 0 Å². The molecule has 94 valence electrons. The molecule has 0 saturated carbocycles. The van der Waals surface area contributed by atoms with Crippen molar-refractivity contribution in [2.24, 2.45) is 5.73 Å². The largest absolute Gasteiger partial charge is 0.397 e. The fourth-order valence-corrected chi connectivity index (χ4v) is 1.50. The molecule has 1 aromatic carbocycles. The standard InChI is InChI=1S/C12H19N3O2/c13-10-5-4-9(12(14)17)8-11(10)15-6-2-1-3-7-16/h4-5,8,15-16H,1-3,6-7,13H2,(H2,14,17). The third-order valence-electron chi connectivity index (χ3n) is 2.49. The number of primary amides is 1. The predicted molar refractivity (Wildman–Crippen MR) is 68.8 cm³/mol. The second-order valence-electron chi connectivity index (χ2n) is 3.88. The van der Waals surface area contributed by atoms with Gasteiger partial charge in [-0.2, -0.15) is 0 Å². The van der Waals surface area contributed by atoms with E-state index in [1.807, 2.05) is 0 Å². The summed E-state index contributed by atoms with van der Waals surface area (Å²) in [5, 5.41) is 11.8. The molecule has 0 bridgehead atoms. The molecule has 0 atom stereocenters. The zero-order valence-electron chi connectivity index (χ0n) is 9.78. The lowest BCUT2D eigenvalue weighted by Gasteiger charge is -2.10. The number of nitrogen functional groups attached to an aromatic ring is 1. The number of hydrogen-bond donors (Lipinski definition) is 4. The Kier molecular flexibility index (Phi) is 5.29. The van der Waals surface area contributed by atoms with Gasteiger partial charge in [-0.15, -0.1) is 0 Å². The number of amides is 1. The van der Waals surface area contributed by atoms with Gasteiger partial charge in [-0.3, -0.25) is 4.79 Å². The Labute approximate surface area is 101 Å². The Morgan fingerprint density at radius 3 is 2.71 bits per heavy atom. The van der Waals surface area contributed by atoms with Crippen molar-refractivity contribution < 1.29 is 9.90 Å². The fraction of sp³-hybridized carbons (Fsp3) is 0.417. The van der Waals surface area contributed by atoms with E-state index in [9.17, 15) is 4.79 Å². The van der Waals surface area contributed by atoms with Crippen LogP contribution in [0.4, 0.5) is 11.4 Å². The highest BCUT2D eigenvalue weighted by atomic mass is 16.2. The summed E-state index contributed by atoms with van der Waals surface area (Å²) >= 11 is 0. The van der Waals surface area contributed by atoms with Crippen LogP contribution >= 0.6 is 0 Å². The normalized spacial score (nSPS) is 10.2. The highest BCUT2D eigenvalue weighted by molar-refractivity contribution is 5.94. The van der Waals surface area contributed by atoms with Crippen molar-refractivity contribution in [3.8, 4) is 0 Å². The number of unbranched alkanes of at least 4 members (excludes halogenated alkanes) is 2. The molecule has 1 aromatic rings. The molecule has 0 fully saturated rings. The van der Waals surface area contributed by atoms with Crippen molar-refractivity contribution >= 4 is 17.3 Å². The number of hydrogen-bond acceptors (Lipinski definition) is 4. The Morgan fingerprint density at radius 2 is 2.06 bits per heavy atom. The third kappa shape index (κ3) is 4.32. The van der Waals surface area contributed by atoms with Crippen LogP contribution in [0.25, 0.3) is 0 Å². The van der Waals surface area contributed by atoms with Crippen LogP contribution in [0.3, 0.4) is 0 Å². The van der Waals surface area contributed by atoms with Gasteiger partial charge in [-0.1, -0.05) is 0 Å². The molecule has 0 aliphatic carbocycles. The van der Waals surface area contributed by atoms with Crippen molar-refractivity contribution in [3.05, 3.63) is 23.8 Å². The minimum absolute atomic E-state index is 0.222. The first kappa shape index (κ1) is 13.3. The van der Waals surface area contributed by atoms with E-state index in [4.69, 9.17) is 16.6 Å². The molecule has 17 heavy (non-hydrogen) atoms. The lowest BCUT2D eigenvalue weighted by atomic mass is 10.1. The molecule has 0 unspecified atom stereocenters. The van der Waals surface area contributed by atoms with Crippen LogP contribution in [0.15, 0.2) is 18.2 Å². The van der Waals surface area contributed by atoms with Gasteiger partial charge in [-0.25, -0.2) is 0 Å². The van der Waals surface area contributed by atoms with Crippen molar-refractivity contribution in [1.82, 2.24) is 0 Å². The van der Waals surface area contributed by atoms with Gasteiger partial charge in [0, 0.05) is 18.7 Å². The average Bonchev–Trinajstić information content (AvgIpc) is 2.30. The smallest absolute Gasteiger partial charge is 0.248 e. The van der Waals surface area contributed by atoms with E-state index in [-0.39, 0.29) is 6.61 Å². The van der Waals surface area contributed by atoms with Crippen LogP contribution in [0.2, 0.25) is 0 Å². The molecule has 0 radical (unpaired) electrons. The number of carbonyl (C=O) groups is 1. The third-order valence-corrected chi connectivity index (χ3v) is 2.49. The SMILES string of the molecule is NC(=O)c1ccc(N)c(NCCCCCO)c1. The van der Waals surface area contributed by atoms with Crippen LogP contribution in [0.5, 0.6) is 0 Å². The Hall–Kier alpha value is -1.75. The van der Waals surface area contributed by atoms with Crippen LogP contribution in [0, 0.1) is 0 Å². The molecule has 0 aliphatic rings. The van der Waals surface area contributed by atoms with Gasteiger partial charge in [-0.05, 0) is 37.5 Å². The molecule has 6 N–H and O–H groups in total. The first-order chi connectivity index (χ1) is 8.15. The molecular formula is C12H19N3O2. The van der Waals surface area contributed by atoms with Crippen molar-refractivity contribution in [2.75, 3.05) is 24.2 Å². The van der Waals surface area contributed by atoms with E-state index >= 15 is 0 Å². The summed E-state index contributed by atoms with van der Waals surface area (Å²) < 4.78 is 0. The molecular weight excluding hydrogens is 218 g/mol. The molecule has 0 aromatic heterocycles. The molecule has 1 rings (SSSR count). The van der Waals surface area contributed by atoms with Crippen molar-refractivity contribution in [2.45, 2.75) is 19.3 Å². The van der Waals surface area contributed by atoms with Gasteiger partial charge in [0.25, 0.3) is 0 Å². The minimum atomic E-state index is -0.465. The number of carbonyl (C=O) groups excluding carboxylic acids is 1. The van der Waals surface area contributed by atoms with Crippen LogP contribution < -0.4 is 16.8 Å². The lowest BCUT2D eigenvalue weighted by Crippen LogP contribution is -2.12. The van der Waals surface area contributed by atoms with E-state index < -0.39 is 5.91 Å². The predicted octanol–water partition coefficient (Wildman–Crippen LogP) is 0.942. The Morgan fingerprint density at radius 1 is 1.29 bits per heavy atom. The van der Waals surface area contributed by atoms with E-state index in [1.54, 1.807) is 18.2 Å². The van der Waals surface area contributed by atoms with Crippen LogP contribution in [-0.2, 0) is 0 Å². The summed E-state index contributed by atoms with van der Waals surface area (Å²) in [6.07, 6.45) is 2.71. The number of nitrogens with one attached hydrogen (secondary N) is 1. The molecule has 0 saturated heterocycles. The Bertz CT molecular complexity index is 380. The van der Waals surface area contributed by atoms with Crippen molar-refractivity contribution in [1.29, 1.82) is 0 Å². The summed E-state index contributed by atoms with van der Waals surface area (Å²) in [7, 11) is 0. The molecule has 1 amide bonds. The molecule has 0 aliphatic heterocycles. The van der Waals surface area contributed by atoms with E-state index in [1.165, 1.54) is 0 Å². The first-order valence-corrected chi connectivity index (χ1v) is 5.69. The monoisotopic (exact) mass is 237 g/mol. The summed E-state index contributed by atoms with van der Waals surface area (Å²) in [4.78, 5) is 11.0. The first-order valence-electron chi connectivity index (χ1n) is 5.69. The molecule has 5 nitrogen and oxygen atoms in total. The summed E-state index contributed by atoms with van der Waals surface area (Å²) in [6.45, 7) is 0.978. The second kappa shape index (κ2) is 6.75. The second-order valence-corrected chi connectivity index (χ2v) is 3.88. The van der Waals surface area contributed by atoms with Gasteiger partial charge >= 0.3 is 0 Å².